The molecule has 32 heavy (non-hydrogen) atoms. The number of carbonyl (C=O) groups is 1. The van der Waals surface area contributed by atoms with Gasteiger partial charge in [0, 0.05) is 42.2 Å². The van der Waals surface area contributed by atoms with Gasteiger partial charge in [-0.15, -0.1) is 11.8 Å². The van der Waals surface area contributed by atoms with Crippen molar-refractivity contribution in [2.75, 3.05) is 13.7 Å². The molecule has 0 saturated carbocycles. The van der Waals surface area contributed by atoms with Crippen LogP contribution in [0.3, 0.4) is 0 Å². The summed E-state index contributed by atoms with van der Waals surface area (Å²) in [6, 6.07) is 18.1. The van der Waals surface area contributed by atoms with Crippen LogP contribution in [0.4, 0.5) is 4.39 Å². The fourth-order valence-electron chi connectivity index (χ4n) is 3.92. The molecule has 1 aromatic heterocycles. The lowest BCUT2D eigenvalue weighted by atomic mass is 10.1. The van der Waals surface area contributed by atoms with Gasteiger partial charge >= 0.3 is 0 Å². The van der Waals surface area contributed by atoms with Crippen molar-refractivity contribution in [3.8, 4) is 5.75 Å². The molecule has 166 valence electrons. The maximum Gasteiger partial charge on any atom is 0.237 e. The van der Waals surface area contributed by atoms with Crippen LogP contribution in [-0.4, -0.2) is 40.7 Å². The SMILES string of the molecule is COc1ccc(S[C@@H]2C[C@@H](C(=O)NCc3cccnc3)N(Cc3cccc(F)c3)C2)cc1. The average Bonchev–Trinajstić information content (AvgIpc) is 3.20. The number of amides is 1. The minimum absolute atomic E-state index is 0.0110. The second-order valence-electron chi connectivity index (χ2n) is 7.81. The van der Waals surface area contributed by atoms with E-state index in [9.17, 15) is 9.18 Å². The summed E-state index contributed by atoms with van der Waals surface area (Å²) in [5, 5.41) is 3.30. The van der Waals surface area contributed by atoms with E-state index in [2.05, 4.69) is 15.2 Å². The molecule has 7 heteroatoms. The van der Waals surface area contributed by atoms with Crippen LogP contribution in [0.15, 0.2) is 78.0 Å². The number of nitrogens with zero attached hydrogens (tertiary/aromatic N) is 2. The first-order chi connectivity index (χ1) is 15.6. The minimum atomic E-state index is -0.273. The van der Waals surface area contributed by atoms with Crippen LogP contribution in [0.5, 0.6) is 5.75 Å². The molecule has 1 saturated heterocycles. The summed E-state index contributed by atoms with van der Waals surface area (Å²) in [4.78, 5) is 20.5. The number of rotatable bonds is 8. The number of hydrogen-bond acceptors (Lipinski definition) is 5. The Morgan fingerprint density at radius 3 is 2.72 bits per heavy atom. The summed E-state index contributed by atoms with van der Waals surface area (Å²) in [5.74, 6) is 0.549. The Bertz CT molecular complexity index is 1030. The smallest absolute Gasteiger partial charge is 0.237 e. The summed E-state index contributed by atoms with van der Waals surface area (Å²) in [7, 11) is 1.65. The number of ether oxygens (including phenoxy) is 1. The van der Waals surface area contributed by atoms with Gasteiger partial charge in [-0.2, -0.15) is 0 Å². The van der Waals surface area contributed by atoms with Gasteiger partial charge in [0.1, 0.15) is 11.6 Å². The molecule has 1 aliphatic heterocycles. The number of hydrogen-bond donors (Lipinski definition) is 1. The van der Waals surface area contributed by atoms with Gasteiger partial charge < -0.3 is 10.1 Å². The van der Waals surface area contributed by atoms with E-state index in [1.807, 2.05) is 42.5 Å². The van der Waals surface area contributed by atoms with Gasteiger partial charge in [0.05, 0.1) is 13.2 Å². The van der Waals surface area contributed by atoms with E-state index < -0.39 is 0 Å². The van der Waals surface area contributed by atoms with Gasteiger partial charge in [-0.1, -0.05) is 18.2 Å². The van der Waals surface area contributed by atoms with Gasteiger partial charge in [-0.3, -0.25) is 14.7 Å². The van der Waals surface area contributed by atoms with Gasteiger partial charge in [0.25, 0.3) is 0 Å². The van der Waals surface area contributed by atoms with Crippen LogP contribution in [0, 0.1) is 5.82 Å². The molecule has 1 fully saturated rings. The summed E-state index contributed by atoms with van der Waals surface area (Å²) in [6.45, 7) is 1.72. The predicted molar refractivity (Wildman–Crippen MR) is 124 cm³/mol. The fraction of sp³-hybridized carbons (Fsp3) is 0.280. The summed E-state index contributed by atoms with van der Waals surface area (Å²) >= 11 is 1.76. The number of nitrogens with one attached hydrogen (secondary N) is 1. The number of aromatic nitrogens is 1. The van der Waals surface area contributed by atoms with Crippen LogP contribution >= 0.6 is 11.8 Å². The Labute approximate surface area is 192 Å². The second-order valence-corrected chi connectivity index (χ2v) is 9.18. The molecular formula is C25H26FN3O2S. The highest BCUT2D eigenvalue weighted by atomic mass is 32.2. The Kier molecular flexibility index (Phi) is 7.39. The highest BCUT2D eigenvalue weighted by molar-refractivity contribution is 8.00. The Morgan fingerprint density at radius 2 is 2.00 bits per heavy atom. The normalized spacial score (nSPS) is 18.4. The highest BCUT2D eigenvalue weighted by Gasteiger charge is 2.37. The number of methoxy groups -OCH3 is 1. The van der Waals surface area contributed by atoms with Gasteiger partial charge in [0.15, 0.2) is 0 Å². The van der Waals surface area contributed by atoms with Crippen LogP contribution < -0.4 is 10.1 Å². The fourth-order valence-corrected chi connectivity index (χ4v) is 5.14. The number of likely N-dealkylation sites (tertiary alicyclic amines) is 1. The molecule has 3 aromatic rings. The molecule has 0 radical (unpaired) electrons. The third-order valence-electron chi connectivity index (χ3n) is 5.49. The van der Waals surface area contributed by atoms with Crippen LogP contribution in [-0.2, 0) is 17.9 Å². The van der Waals surface area contributed by atoms with Gasteiger partial charge in [0.2, 0.25) is 5.91 Å². The maximum atomic E-state index is 13.7. The highest BCUT2D eigenvalue weighted by Crippen LogP contribution is 2.34. The molecule has 1 N–H and O–H groups in total. The molecule has 0 bridgehead atoms. The van der Waals surface area contributed by atoms with Crippen LogP contribution in [0.2, 0.25) is 0 Å². The molecular weight excluding hydrogens is 425 g/mol. The summed E-state index contributed by atoms with van der Waals surface area (Å²) in [6.07, 6.45) is 4.19. The average molecular weight is 452 g/mol. The lowest BCUT2D eigenvalue weighted by Crippen LogP contribution is -2.42. The van der Waals surface area contributed by atoms with Crippen molar-refractivity contribution >= 4 is 17.7 Å². The Balaban J connectivity index is 1.45. The zero-order valence-electron chi connectivity index (χ0n) is 17.9. The summed E-state index contributed by atoms with van der Waals surface area (Å²) in [5.41, 5.74) is 1.82. The number of halogens is 1. The third kappa shape index (κ3) is 5.87. The summed E-state index contributed by atoms with van der Waals surface area (Å²) < 4.78 is 19.0. The number of pyridine rings is 1. The molecule has 0 spiro atoms. The maximum absolute atomic E-state index is 13.7. The largest absolute Gasteiger partial charge is 0.497 e. The first-order valence-corrected chi connectivity index (χ1v) is 11.4. The standard InChI is InChI=1S/C25H26FN3O2S/c1-31-21-7-9-22(10-8-21)32-23-13-24(25(30)28-15-19-5-3-11-27-14-19)29(17-23)16-18-4-2-6-20(26)12-18/h2-12,14,23-24H,13,15-17H2,1H3,(H,28,30)/t23-,24+/m1/s1. The molecule has 4 rings (SSSR count). The van der Waals surface area contributed by atoms with Crippen molar-refractivity contribution in [2.24, 2.45) is 0 Å². The van der Waals surface area contributed by atoms with Gasteiger partial charge in [-0.25, -0.2) is 4.39 Å². The van der Waals surface area contributed by atoms with E-state index in [1.165, 1.54) is 12.1 Å². The molecule has 0 aliphatic carbocycles. The Hall–Kier alpha value is -2.90. The molecule has 1 amide bonds. The predicted octanol–water partition coefficient (Wildman–Crippen LogP) is 4.28. The lowest BCUT2D eigenvalue weighted by molar-refractivity contribution is -0.125. The van der Waals surface area contributed by atoms with E-state index in [0.29, 0.717) is 13.1 Å². The molecule has 2 heterocycles. The lowest BCUT2D eigenvalue weighted by Gasteiger charge is -2.23. The van der Waals surface area contributed by atoms with Crippen molar-refractivity contribution in [1.29, 1.82) is 0 Å². The zero-order valence-corrected chi connectivity index (χ0v) is 18.7. The van der Waals surface area contributed by atoms with Gasteiger partial charge in [-0.05, 0) is 60.0 Å². The molecule has 1 aliphatic rings. The molecule has 2 aromatic carbocycles. The number of thioether (sulfide) groups is 1. The van der Waals surface area contributed by atoms with Crippen molar-refractivity contribution in [2.45, 2.75) is 35.7 Å². The first-order valence-electron chi connectivity index (χ1n) is 10.6. The topological polar surface area (TPSA) is 54.5 Å². The van der Waals surface area contributed by atoms with E-state index in [-0.39, 0.29) is 23.0 Å². The first kappa shape index (κ1) is 22.3. The van der Waals surface area contributed by atoms with E-state index in [1.54, 1.807) is 37.3 Å². The van der Waals surface area contributed by atoms with Crippen molar-refractivity contribution in [3.63, 3.8) is 0 Å². The van der Waals surface area contributed by atoms with Crippen molar-refractivity contribution in [3.05, 3.63) is 90.0 Å². The molecule has 2 atom stereocenters. The van der Waals surface area contributed by atoms with E-state index in [0.717, 1.165) is 34.7 Å². The number of carbonyl (C=O) groups excluding carboxylic acids is 1. The third-order valence-corrected chi connectivity index (χ3v) is 6.71. The molecule has 0 unspecified atom stereocenters. The second kappa shape index (κ2) is 10.6. The van der Waals surface area contributed by atoms with E-state index >= 15 is 0 Å². The monoisotopic (exact) mass is 451 g/mol. The zero-order chi connectivity index (χ0) is 22.3. The van der Waals surface area contributed by atoms with Crippen LogP contribution in [0.25, 0.3) is 0 Å². The number of benzene rings is 2. The Morgan fingerprint density at radius 1 is 1.19 bits per heavy atom. The van der Waals surface area contributed by atoms with Crippen LogP contribution in [0.1, 0.15) is 17.5 Å². The van der Waals surface area contributed by atoms with Crippen molar-refractivity contribution < 1.29 is 13.9 Å². The van der Waals surface area contributed by atoms with Crippen molar-refractivity contribution in [1.82, 2.24) is 15.2 Å². The molecule has 5 nitrogen and oxygen atoms in total. The minimum Gasteiger partial charge on any atom is -0.497 e. The quantitative estimate of drug-likeness (QED) is 0.554. The van der Waals surface area contributed by atoms with E-state index in [4.69, 9.17) is 4.74 Å².